The highest BCUT2D eigenvalue weighted by atomic mass is 16.2. The fraction of sp³-hybridized carbons (Fsp3) is 0.933. The molecule has 3 heteroatoms. The normalized spacial score (nSPS) is 30.5. The SMILES string of the molecule is CC(C)C1CNCC(=O)NC(C(C)C)C1C(C)C. The Labute approximate surface area is 112 Å². The Bertz CT molecular complexity index is 274. The first-order valence-corrected chi connectivity index (χ1v) is 7.34. The molecule has 0 bridgehead atoms. The smallest absolute Gasteiger partial charge is 0.234 e. The van der Waals surface area contributed by atoms with Crippen LogP contribution in [-0.2, 0) is 4.79 Å². The van der Waals surface area contributed by atoms with Crippen molar-refractivity contribution in [2.75, 3.05) is 13.1 Å². The van der Waals surface area contributed by atoms with E-state index in [1.165, 1.54) is 0 Å². The first-order chi connectivity index (χ1) is 8.34. The third-order valence-corrected chi connectivity index (χ3v) is 4.25. The second kappa shape index (κ2) is 6.55. The van der Waals surface area contributed by atoms with Gasteiger partial charge in [-0.3, -0.25) is 4.79 Å². The van der Waals surface area contributed by atoms with E-state index in [2.05, 4.69) is 52.2 Å². The average molecular weight is 254 g/mol. The number of rotatable bonds is 3. The van der Waals surface area contributed by atoms with Crippen molar-refractivity contribution in [2.45, 2.75) is 47.6 Å². The van der Waals surface area contributed by atoms with Crippen molar-refractivity contribution in [3.8, 4) is 0 Å². The summed E-state index contributed by atoms with van der Waals surface area (Å²) in [4.78, 5) is 11.8. The highest BCUT2D eigenvalue weighted by Crippen LogP contribution is 2.33. The van der Waals surface area contributed by atoms with Crippen LogP contribution in [0.1, 0.15) is 41.5 Å². The number of amides is 1. The zero-order valence-corrected chi connectivity index (χ0v) is 12.8. The third-order valence-electron chi connectivity index (χ3n) is 4.25. The quantitative estimate of drug-likeness (QED) is 0.811. The van der Waals surface area contributed by atoms with Gasteiger partial charge in [0.1, 0.15) is 0 Å². The molecular formula is C15H30N2O. The van der Waals surface area contributed by atoms with Gasteiger partial charge in [-0.05, 0) is 36.1 Å². The Hall–Kier alpha value is -0.570. The predicted octanol–water partition coefficient (Wildman–Crippen LogP) is 2.27. The van der Waals surface area contributed by atoms with E-state index < -0.39 is 0 Å². The van der Waals surface area contributed by atoms with Crippen molar-refractivity contribution in [2.24, 2.45) is 29.6 Å². The Morgan fingerprint density at radius 1 is 1.00 bits per heavy atom. The van der Waals surface area contributed by atoms with Crippen LogP contribution in [0.15, 0.2) is 0 Å². The molecule has 1 fully saturated rings. The van der Waals surface area contributed by atoms with Crippen molar-refractivity contribution in [1.82, 2.24) is 10.6 Å². The zero-order valence-electron chi connectivity index (χ0n) is 12.8. The molecular weight excluding hydrogens is 224 g/mol. The molecule has 106 valence electrons. The van der Waals surface area contributed by atoms with Crippen LogP contribution in [0, 0.1) is 29.6 Å². The molecule has 3 nitrogen and oxygen atoms in total. The molecule has 3 unspecified atom stereocenters. The number of carbonyl (C=O) groups is 1. The van der Waals surface area contributed by atoms with Crippen LogP contribution in [0.4, 0.5) is 0 Å². The minimum Gasteiger partial charge on any atom is -0.352 e. The topological polar surface area (TPSA) is 41.1 Å². The summed E-state index contributed by atoms with van der Waals surface area (Å²) >= 11 is 0. The van der Waals surface area contributed by atoms with Crippen molar-refractivity contribution in [3.05, 3.63) is 0 Å². The van der Waals surface area contributed by atoms with Crippen molar-refractivity contribution in [3.63, 3.8) is 0 Å². The Morgan fingerprint density at radius 3 is 2.06 bits per heavy atom. The Kier molecular flexibility index (Phi) is 5.64. The van der Waals surface area contributed by atoms with Gasteiger partial charge in [0.2, 0.25) is 5.91 Å². The summed E-state index contributed by atoms with van der Waals surface area (Å²) < 4.78 is 0. The standard InChI is InChI=1S/C15H30N2O/c1-9(2)12-7-16-8-13(18)17-15(11(5)6)14(12)10(3)4/h9-12,14-16H,7-8H2,1-6H3,(H,17,18). The van der Waals surface area contributed by atoms with Gasteiger partial charge < -0.3 is 10.6 Å². The maximum Gasteiger partial charge on any atom is 0.234 e. The summed E-state index contributed by atoms with van der Waals surface area (Å²) in [5.74, 6) is 3.02. The Balaban J connectivity index is 3.01. The molecule has 2 N–H and O–H groups in total. The minimum absolute atomic E-state index is 0.140. The van der Waals surface area contributed by atoms with Crippen LogP contribution < -0.4 is 10.6 Å². The van der Waals surface area contributed by atoms with Crippen LogP contribution in [0.3, 0.4) is 0 Å². The molecule has 1 heterocycles. The van der Waals surface area contributed by atoms with Gasteiger partial charge in [-0.2, -0.15) is 0 Å². The molecule has 0 aromatic heterocycles. The lowest BCUT2D eigenvalue weighted by molar-refractivity contribution is -0.123. The molecule has 1 aliphatic heterocycles. The summed E-state index contributed by atoms with van der Waals surface area (Å²) in [6.45, 7) is 15.0. The highest BCUT2D eigenvalue weighted by Gasteiger charge is 2.37. The molecule has 0 aromatic rings. The largest absolute Gasteiger partial charge is 0.352 e. The van der Waals surface area contributed by atoms with Gasteiger partial charge in [-0.25, -0.2) is 0 Å². The predicted molar refractivity (Wildman–Crippen MR) is 76.3 cm³/mol. The van der Waals surface area contributed by atoms with Gasteiger partial charge in [-0.15, -0.1) is 0 Å². The second-order valence-electron chi connectivity index (χ2n) is 6.70. The van der Waals surface area contributed by atoms with Gasteiger partial charge in [0.15, 0.2) is 0 Å². The fourth-order valence-electron chi connectivity index (χ4n) is 3.29. The van der Waals surface area contributed by atoms with Crippen molar-refractivity contribution >= 4 is 5.91 Å². The highest BCUT2D eigenvalue weighted by molar-refractivity contribution is 5.78. The third kappa shape index (κ3) is 3.71. The van der Waals surface area contributed by atoms with Crippen LogP contribution in [0.25, 0.3) is 0 Å². The monoisotopic (exact) mass is 254 g/mol. The average Bonchev–Trinajstić information content (AvgIpc) is 2.21. The van der Waals surface area contributed by atoms with E-state index in [-0.39, 0.29) is 5.91 Å². The summed E-state index contributed by atoms with van der Waals surface area (Å²) in [6, 6.07) is 0.298. The summed E-state index contributed by atoms with van der Waals surface area (Å²) in [5.41, 5.74) is 0. The van der Waals surface area contributed by atoms with E-state index in [0.29, 0.717) is 42.2 Å². The summed E-state index contributed by atoms with van der Waals surface area (Å²) in [7, 11) is 0. The van der Waals surface area contributed by atoms with Crippen LogP contribution in [0.2, 0.25) is 0 Å². The number of hydrogen-bond donors (Lipinski definition) is 2. The lowest BCUT2D eigenvalue weighted by Gasteiger charge is -2.42. The lowest BCUT2D eigenvalue weighted by atomic mass is 9.70. The van der Waals surface area contributed by atoms with E-state index in [1.54, 1.807) is 0 Å². The molecule has 0 spiro atoms. The van der Waals surface area contributed by atoms with Gasteiger partial charge in [0.25, 0.3) is 0 Å². The number of nitrogens with one attached hydrogen (secondary N) is 2. The summed E-state index contributed by atoms with van der Waals surface area (Å²) in [6.07, 6.45) is 0. The van der Waals surface area contributed by atoms with Crippen molar-refractivity contribution < 1.29 is 4.79 Å². The number of hydrogen-bond acceptors (Lipinski definition) is 2. The summed E-state index contributed by atoms with van der Waals surface area (Å²) in [5, 5.41) is 6.53. The van der Waals surface area contributed by atoms with Crippen LogP contribution >= 0.6 is 0 Å². The maximum absolute atomic E-state index is 11.8. The molecule has 0 radical (unpaired) electrons. The van der Waals surface area contributed by atoms with Crippen molar-refractivity contribution in [1.29, 1.82) is 0 Å². The fourth-order valence-corrected chi connectivity index (χ4v) is 3.29. The second-order valence-corrected chi connectivity index (χ2v) is 6.70. The van der Waals surface area contributed by atoms with Gasteiger partial charge in [0.05, 0.1) is 6.54 Å². The van der Waals surface area contributed by atoms with E-state index in [1.807, 2.05) is 0 Å². The maximum atomic E-state index is 11.8. The zero-order chi connectivity index (χ0) is 13.9. The molecule has 0 saturated carbocycles. The molecule has 0 aromatic carbocycles. The molecule has 1 aliphatic rings. The van der Waals surface area contributed by atoms with E-state index in [9.17, 15) is 4.79 Å². The lowest BCUT2D eigenvalue weighted by Crippen LogP contribution is -2.55. The van der Waals surface area contributed by atoms with E-state index in [4.69, 9.17) is 0 Å². The number of carbonyl (C=O) groups excluding carboxylic acids is 1. The Morgan fingerprint density at radius 2 is 1.61 bits per heavy atom. The van der Waals surface area contributed by atoms with E-state index in [0.717, 1.165) is 6.54 Å². The first-order valence-electron chi connectivity index (χ1n) is 7.34. The molecule has 1 saturated heterocycles. The van der Waals surface area contributed by atoms with Crippen LogP contribution in [-0.4, -0.2) is 25.0 Å². The molecule has 1 amide bonds. The molecule has 18 heavy (non-hydrogen) atoms. The van der Waals surface area contributed by atoms with Gasteiger partial charge in [0, 0.05) is 6.04 Å². The van der Waals surface area contributed by atoms with Crippen LogP contribution in [0.5, 0.6) is 0 Å². The van der Waals surface area contributed by atoms with Gasteiger partial charge in [-0.1, -0.05) is 41.5 Å². The molecule has 0 aliphatic carbocycles. The molecule has 3 atom stereocenters. The minimum atomic E-state index is 0.140. The van der Waals surface area contributed by atoms with E-state index >= 15 is 0 Å². The van der Waals surface area contributed by atoms with Gasteiger partial charge >= 0.3 is 0 Å². The molecule has 1 rings (SSSR count). The first kappa shape index (κ1) is 15.5.